The van der Waals surface area contributed by atoms with Gasteiger partial charge < -0.3 is 11.1 Å². The molecule has 2 rings (SSSR count). The van der Waals surface area contributed by atoms with Crippen LogP contribution in [0.15, 0.2) is 6.20 Å². The van der Waals surface area contributed by atoms with Crippen LogP contribution in [0, 0.1) is 0 Å². The first-order chi connectivity index (χ1) is 9.56. The SMILES string of the molecule is CCCc1nn(C)c(NCc2cn(C)nc2CC)c1N. The molecule has 0 aliphatic carbocycles. The van der Waals surface area contributed by atoms with Crippen LogP contribution in [0.3, 0.4) is 0 Å². The van der Waals surface area contributed by atoms with Crippen molar-refractivity contribution in [1.29, 1.82) is 0 Å². The quantitative estimate of drug-likeness (QED) is 0.844. The van der Waals surface area contributed by atoms with Crippen molar-refractivity contribution in [2.45, 2.75) is 39.7 Å². The molecule has 0 radical (unpaired) electrons. The van der Waals surface area contributed by atoms with E-state index in [0.717, 1.165) is 42.2 Å². The van der Waals surface area contributed by atoms with Gasteiger partial charge in [0, 0.05) is 32.4 Å². The van der Waals surface area contributed by atoms with Gasteiger partial charge in [0.25, 0.3) is 0 Å². The van der Waals surface area contributed by atoms with E-state index >= 15 is 0 Å². The Bertz CT molecular complexity index is 581. The zero-order chi connectivity index (χ0) is 14.7. The molecule has 0 unspecified atom stereocenters. The van der Waals surface area contributed by atoms with Crippen LogP contribution in [-0.2, 0) is 33.5 Å². The average Bonchev–Trinajstić information content (AvgIpc) is 2.89. The van der Waals surface area contributed by atoms with Gasteiger partial charge in [-0.25, -0.2) is 0 Å². The highest BCUT2D eigenvalue weighted by molar-refractivity contribution is 5.65. The fourth-order valence-corrected chi connectivity index (χ4v) is 2.43. The molecule has 6 heteroatoms. The maximum atomic E-state index is 6.16. The third-order valence-corrected chi connectivity index (χ3v) is 3.42. The summed E-state index contributed by atoms with van der Waals surface area (Å²) in [5.41, 5.74) is 10.2. The second-order valence-electron chi connectivity index (χ2n) is 5.06. The standard InChI is InChI=1S/C14H24N6/c1-5-7-12-13(15)14(20(4)18-12)16-8-10-9-19(3)17-11(10)6-2/h9,16H,5-8,15H2,1-4H3. The van der Waals surface area contributed by atoms with Gasteiger partial charge in [0.2, 0.25) is 0 Å². The molecule has 0 amide bonds. The van der Waals surface area contributed by atoms with E-state index in [1.165, 1.54) is 5.56 Å². The largest absolute Gasteiger partial charge is 0.394 e. The van der Waals surface area contributed by atoms with Gasteiger partial charge in [-0.3, -0.25) is 9.36 Å². The highest BCUT2D eigenvalue weighted by atomic mass is 15.3. The molecule has 2 heterocycles. The van der Waals surface area contributed by atoms with Gasteiger partial charge in [-0.05, 0) is 12.8 Å². The van der Waals surface area contributed by atoms with Crippen LogP contribution < -0.4 is 11.1 Å². The minimum Gasteiger partial charge on any atom is -0.394 e. The second kappa shape index (κ2) is 5.98. The lowest BCUT2D eigenvalue weighted by Crippen LogP contribution is -2.07. The number of rotatable bonds is 6. The van der Waals surface area contributed by atoms with E-state index < -0.39 is 0 Å². The summed E-state index contributed by atoms with van der Waals surface area (Å²) >= 11 is 0. The fraction of sp³-hybridized carbons (Fsp3) is 0.571. The van der Waals surface area contributed by atoms with E-state index in [1.54, 1.807) is 0 Å². The monoisotopic (exact) mass is 276 g/mol. The fourth-order valence-electron chi connectivity index (χ4n) is 2.43. The van der Waals surface area contributed by atoms with Gasteiger partial charge in [-0.1, -0.05) is 20.3 Å². The number of nitrogens with two attached hydrogens (primary N) is 1. The maximum absolute atomic E-state index is 6.16. The predicted molar refractivity (Wildman–Crippen MR) is 81.5 cm³/mol. The molecule has 0 fully saturated rings. The lowest BCUT2D eigenvalue weighted by molar-refractivity contribution is 0.735. The minimum atomic E-state index is 0.715. The Labute approximate surface area is 120 Å². The molecule has 0 bridgehead atoms. The average molecular weight is 276 g/mol. The van der Waals surface area contributed by atoms with E-state index in [2.05, 4.69) is 29.4 Å². The van der Waals surface area contributed by atoms with Crippen LogP contribution >= 0.6 is 0 Å². The smallest absolute Gasteiger partial charge is 0.148 e. The van der Waals surface area contributed by atoms with Crippen LogP contribution in [0.1, 0.15) is 37.2 Å². The van der Waals surface area contributed by atoms with Crippen molar-refractivity contribution in [3.63, 3.8) is 0 Å². The first kappa shape index (κ1) is 14.4. The first-order valence-electron chi connectivity index (χ1n) is 7.13. The highest BCUT2D eigenvalue weighted by Crippen LogP contribution is 2.24. The third kappa shape index (κ3) is 2.79. The molecule has 0 spiro atoms. The molecule has 2 aromatic rings. The number of aryl methyl sites for hydroxylation is 4. The van der Waals surface area contributed by atoms with Crippen molar-refractivity contribution >= 4 is 11.5 Å². The lowest BCUT2D eigenvalue weighted by atomic mass is 10.2. The minimum absolute atomic E-state index is 0.715. The van der Waals surface area contributed by atoms with Crippen LogP contribution in [0.25, 0.3) is 0 Å². The second-order valence-corrected chi connectivity index (χ2v) is 5.06. The molecule has 20 heavy (non-hydrogen) atoms. The summed E-state index contributed by atoms with van der Waals surface area (Å²) < 4.78 is 3.67. The number of anilines is 2. The van der Waals surface area contributed by atoms with Gasteiger partial charge >= 0.3 is 0 Å². The molecule has 0 aliphatic rings. The molecule has 0 saturated carbocycles. The van der Waals surface area contributed by atoms with Gasteiger partial charge in [-0.15, -0.1) is 0 Å². The number of nitrogens with one attached hydrogen (secondary N) is 1. The highest BCUT2D eigenvalue weighted by Gasteiger charge is 2.13. The third-order valence-electron chi connectivity index (χ3n) is 3.42. The molecular formula is C14H24N6. The Morgan fingerprint density at radius 2 is 1.95 bits per heavy atom. The molecule has 3 N–H and O–H groups in total. The van der Waals surface area contributed by atoms with Crippen molar-refractivity contribution in [2.75, 3.05) is 11.1 Å². The summed E-state index contributed by atoms with van der Waals surface area (Å²) in [6, 6.07) is 0. The summed E-state index contributed by atoms with van der Waals surface area (Å²) in [4.78, 5) is 0. The van der Waals surface area contributed by atoms with E-state index in [0.29, 0.717) is 6.54 Å². The predicted octanol–water partition coefficient (Wildman–Crippen LogP) is 1.86. The Morgan fingerprint density at radius 1 is 1.20 bits per heavy atom. The van der Waals surface area contributed by atoms with E-state index in [9.17, 15) is 0 Å². The van der Waals surface area contributed by atoms with E-state index in [4.69, 9.17) is 5.73 Å². The summed E-state index contributed by atoms with van der Waals surface area (Å²) in [5, 5.41) is 12.3. The maximum Gasteiger partial charge on any atom is 0.148 e. The zero-order valence-corrected chi connectivity index (χ0v) is 12.8. The molecule has 6 nitrogen and oxygen atoms in total. The Morgan fingerprint density at radius 3 is 2.60 bits per heavy atom. The Balaban J connectivity index is 2.14. The van der Waals surface area contributed by atoms with Crippen molar-refractivity contribution in [2.24, 2.45) is 14.1 Å². The van der Waals surface area contributed by atoms with Crippen molar-refractivity contribution in [1.82, 2.24) is 19.6 Å². The van der Waals surface area contributed by atoms with Gasteiger partial charge in [0.05, 0.1) is 17.1 Å². The molecule has 0 saturated heterocycles. The number of hydrogen-bond donors (Lipinski definition) is 2. The van der Waals surface area contributed by atoms with Gasteiger partial charge in [-0.2, -0.15) is 10.2 Å². The lowest BCUT2D eigenvalue weighted by Gasteiger charge is -2.07. The molecular weight excluding hydrogens is 252 g/mol. The summed E-state index contributed by atoms with van der Waals surface area (Å²) in [6.45, 7) is 4.96. The molecule has 110 valence electrons. The molecule has 0 aromatic carbocycles. The molecule has 0 atom stereocenters. The van der Waals surface area contributed by atoms with Crippen LogP contribution in [0.2, 0.25) is 0 Å². The summed E-state index contributed by atoms with van der Waals surface area (Å²) in [6.07, 6.45) is 4.93. The van der Waals surface area contributed by atoms with Crippen LogP contribution in [0.4, 0.5) is 11.5 Å². The van der Waals surface area contributed by atoms with Crippen LogP contribution in [0.5, 0.6) is 0 Å². The summed E-state index contributed by atoms with van der Waals surface area (Å²) in [5.74, 6) is 0.888. The first-order valence-corrected chi connectivity index (χ1v) is 7.13. The summed E-state index contributed by atoms with van der Waals surface area (Å²) in [7, 11) is 3.86. The molecule has 0 aliphatic heterocycles. The van der Waals surface area contributed by atoms with Gasteiger partial charge in [0.1, 0.15) is 5.82 Å². The van der Waals surface area contributed by atoms with Crippen molar-refractivity contribution in [3.8, 4) is 0 Å². The van der Waals surface area contributed by atoms with Crippen molar-refractivity contribution < 1.29 is 0 Å². The number of nitrogen functional groups attached to an aromatic ring is 1. The Kier molecular flexibility index (Phi) is 4.32. The normalized spacial score (nSPS) is 11.0. The van der Waals surface area contributed by atoms with E-state index in [1.807, 2.05) is 29.7 Å². The number of hydrogen-bond acceptors (Lipinski definition) is 4. The molecule has 2 aromatic heterocycles. The Hall–Kier alpha value is -1.98. The van der Waals surface area contributed by atoms with Crippen molar-refractivity contribution in [3.05, 3.63) is 23.1 Å². The van der Waals surface area contributed by atoms with Crippen LogP contribution in [-0.4, -0.2) is 19.6 Å². The zero-order valence-electron chi connectivity index (χ0n) is 12.8. The van der Waals surface area contributed by atoms with Gasteiger partial charge in [0.15, 0.2) is 0 Å². The number of aromatic nitrogens is 4. The number of nitrogens with zero attached hydrogens (tertiary/aromatic N) is 4. The topological polar surface area (TPSA) is 73.7 Å². The van der Waals surface area contributed by atoms with E-state index in [-0.39, 0.29) is 0 Å².